The Morgan fingerprint density at radius 2 is 1.78 bits per heavy atom. The maximum absolute atomic E-state index is 12.6. The lowest BCUT2D eigenvalue weighted by molar-refractivity contribution is -0.131. The average molecular weight is 364 g/mol. The first kappa shape index (κ1) is 17.9. The SMILES string of the molecule is COc1ccc(CC(=O)N2CCC(CN3CCc4ccccc43)CC2)cc1. The summed E-state index contributed by atoms with van der Waals surface area (Å²) < 4.78 is 5.18. The van der Waals surface area contributed by atoms with Crippen LogP contribution in [0.1, 0.15) is 24.0 Å². The molecule has 2 aromatic rings. The van der Waals surface area contributed by atoms with Crippen LogP contribution in [-0.4, -0.2) is 44.1 Å². The van der Waals surface area contributed by atoms with Crippen LogP contribution in [0.3, 0.4) is 0 Å². The van der Waals surface area contributed by atoms with E-state index >= 15 is 0 Å². The predicted molar refractivity (Wildman–Crippen MR) is 108 cm³/mol. The molecule has 4 rings (SSSR count). The van der Waals surface area contributed by atoms with E-state index in [0.29, 0.717) is 12.3 Å². The predicted octanol–water partition coefficient (Wildman–Crippen LogP) is 3.54. The summed E-state index contributed by atoms with van der Waals surface area (Å²) in [6.45, 7) is 4.03. The summed E-state index contributed by atoms with van der Waals surface area (Å²) in [5, 5.41) is 0. The fourth-order valence-electron chi connectivity index (χ4n) is 4.30. The van der Waals surface area contributed by atoms with Crippen molar-refractivity contribution in [2.45, 2.75) is 25.7 Å². The van der Waals surface area contributed by atoms with Gasteiger partial charge in [-0.3, -0.25) is 4.79 Å². The third-order valence-corrected chi connectivity index (χ3v) is 5.94. The fourth-order valence-corrected chi connectivity index (χ4v) is 4.30. The van der Waals surface area contributed by atoms with Gasteiger partial charge in [0.1, 0.15) is 5.75 Å². The van der Waals surface area contributed by atoms with E-state index < -0.39 is 0 Å². The van der Waals surface area contributed by atoms with Crippen LogP contribution in [0.15, 0.2) is 48.5 Å². The van der Waals surface area contributed by atoms with E-state index in [9.17, 15) is 4.79 Å². The number of benzene rings is 2. The number of anilines is 1. The molecular weight excluding hydrogens is 336 g/mol. The molecular formula is C23H28N2O2. The number of amides is 1. The summed E-state index contributed by atoms with van der Waals surface area (Å²) in [5.41, 5.74) is 3.94. The second kappa shape index (κ2) is 8.03. The number of nitrogens with zero attached hydrogens (tertiary/aromatic N) is 2. The molecule has 0 aliphatic carbocycles. The van der Waals surface area contributed by atoms with E-state index in [4.69, 9.17) is 4.74 Å². The lowest BCUT2D eigenvalue weighted by atomic mass is 9.95. The maximum Gasteiger partial charge on any atom is 0.226 e. The van der Waals surface area contributed by atoms with E-state index in [1.165, 1.54) is 11.3 Å². The van der Waals surface area contributed by atoms with Crippen molar-refractivity contribution in [3.8, 4) is 5.75 Å². The van der Waals surface area contributed by atoms with Crippen LogP contribution in [0.2, 0.25) is 0 Å². The number of fused-ring (bicyclic) bond motifs is 1. The highest BCUT2D eigenvalue weighted by molar-refractivity contribution is 5.78. The summed E-state index contributed by atoms with van der Waals surface area (Å²) in [6.07, 6.45) is 3.85. The third-order valence-electron chi connectivity index (χ3n) is 5.94. The Balaban J connectivity index is 1.27. The van der Waals surface area contributed by atoms with Gasteiger partial charge < -0.3 is 14.5 Å². The number of hydrogen-bond acceptors (Lipinski definition) is 3. The van der Waals surface area contributed by atoms with Crippen molar-refractivity contribution in [3.63, 3.8) is 0 Å². The number of carbonyl (C=O) groups excluding carboxylic acids is 1. The molecule has 1 fully saturated rings. The van der Waals surface area contributed by atoms with Gasteiger partial charge in [0.05, 0.1) is 13.5 Å². The summed E-state index contributed by atoms with van der Waals surface area (Å²) in [7, 11) is 1.66. The first-order chi connectivity index (χ1) is 13.2. The molecule has 1 amide bonds. The summed E-state index contributed by atoms with van der Waals surface area (Å²) >= 11 is 0. The smallest absolute Gasteiger partial charge is 0.226 e. The molecule has 2 heterocycles. The Kier molecular flexibility index (Phi) is 5.33. The normalized spacial score (nSPS) is 17.1. The van der Waals surface area contributed by atoms with E-state index in [0.717, 1.165) is 56.8 Å². The Hall–Kier alpha value is -2.49. The van der Waals surface area contributed by atoms with Gasteiger partial charge in [-0.2, -0.15) is 0 Å². The minimum Gasteiger partial charge on any atom is -0.497 e. The van der Waals surface area contributed by atoms with E-state index in [1.54, 1.807) is 7.11 Å². The first-order valence-corrected chi connectivity index (χ1v) is 9.96. The Morgan fingerprint density at radius 1 is 1.04 bits per heavy atom. The monoisotopic (exact) mass is 364 g/mol. The number of para-hydroxylation sites is 1. The van der Waals surface area contributed by atoms with E-state index in [2.05, 4.69) is 29.2 Å². The molecule has 0 unspecified atom stereocenters. The Labute approximate surface area is 161 Å². The molecule has 0 aromatic heterocycles. The average Bonchev–Trinajstić information content (AvgIpc) is 3.12. The van der Waals surface area contributed by atoms with Gasteiger partial charge in [-0.15, -0.1) is 0 Å². The maximum atomic E-state index is 12.6. The van der Waals surface area contributed by atoms with Crippen LogP contribution in [0, 0.1) is 5.92 Å². The topological polar surface area (TPSA) is 32.8 Å². The molecule has 4 nitrogen and oxygen atoms in total. The highest BCUT2D eigenvalue weighted by Crippen LogP contribution is 2.30. The lowest BCUT2D eigenvalue weighted by Crippen LogP contribution is -2.42. The standard InChI is InChI=1S/C23H28N2O2/c1-27-21-8-6-18(7-9-21)16-23(26)24-13-10-19(11-14-24)17-25-15-12-20-4-2-3-5-22(20)25/h2-9,19H,10-17H2,1H3. The van der Waals surface area contributed by atoms with Gasteiger partial charge in [0.15, 0.2) is 0 Å². The molecule has 142 valence electrons. The number of methoxy groups -OCH3 is 1. The summed E-state index contributed by atoms with van der Waals surface area (Å²) in [6, 6.07) is 16.6. The Morgan fingerprint density at radius 3 is 2.52 bits per heavy atom. The summed E-state index contributed by atoms with van der Waals surface area (Å²) in [5.74, 6) is 1.75. The molecule has 0 saturated carbocycles. The van der Waals surface area contributed by atoms with Crippen molar-refractivity contribution in [3.05, 3.63) is 59.7 Å². The summed E-state index contributed by atoms with van der Waals surface area (Å²) in [4.78, 5) is 17.2. The number of rotatable bonds is 5. The van der Waals surface area contributed by atoms with Gasteiger partial charge in [0, 0.05) is 31.9 Å². The van der Waals surface area contributed by atoms with Crippen molar-refractivity contribution in [1.29, 1.82) is 0 Å². The van der Waals surface area contributed by atoms with Gasteiger partial charge in [-0.1, -0.05) is 30.3 Å². The van der Waals surface area contributed by atoms with Gasteiger partial charge in [0.2, 0.25) is 5.91 Å². The number of carbonyl (C=O) groups is 1. The van der Waals surface area contributed by atoms with Crippen LogP contribution in [0.4, 0.5) is 5.69 Å². The van der Waals surface area contributed by atoms with Crippen molar-refractivity contribution >= 4 is 11.6 Å². The zero-order valence-corrected chi connectivity index (χ0v) is 16.1. The van der Waals surface area contributed by atoms with Gasteiger partial charge in [0.25, 0.3) is 0 Å². The minimum atomic E-state index is 0.241. The number of hydrogen-bond donors (Lipinski definition) is 0. The second-order valence-electron chi connectivity index (χ2n) is 7.67. The molecule has 4 heteroatoms. The zero-order valence-electron chi connectivity index (χ0n) is 16.1. The second-order valence-corrected chi connectivity index (χ2v) is 7.67. The highest BCUT2D eigenvalue weighted by atomic mass is 16.5. The zero-order chi connectivity index (χ0) is 18.6. The fraction of sp³-hybridized carbons (Fsp3) is 0.435. The molecule has 2 aliphatic heterocycles. The van der Waals surface area contributed by atoms with E-state index in [-0.39, 0.29) is 5.91 Å². The van der Waals surface area contributed by atoms with Crippen molar-refractivity contribution in [2.75, 3.05) is 38.2 Å². The number of ether oxygens (including phenoxy) is 1. The van der Waals surface area contributed by atoms with E-state index in [1.807, 2.05) is 29.2 Å². The van der Waals surface area contributed by atoms with Gasteiger partial charge in [-0.05, 0) is 54.5 Å². The largest absolute Gasteiger partial charge is 0.497 e. The first-order valence-electron chi connectivity index (χ1n) is 9.96. The number of likely N-dealkylation sites (tertiary alicyclic amines) is 1. The van der Waals surface area contributed by atoms with Crippen LogP contribution < -0.4 is 9.64 Å². The molecule has 27 heavy (non-hydrogen) atoms. The highest BCUT2D eigenvalue weighted by Gasteiger charge is 2.26. The minimum absolute atomic E-state index is 0.241. The van der Waals surface area contributed by atoms with Crippen molar-refractivity contribution in [1.82, 2.24) is 4.90 Å². The molecule has 0 bridgehead atoms. The van der Waals surface area contributed by atoms with Gasteiger partial charge >= 0.3 is 0 Å². The molecule has 2 aromatic carbocycles. The quantitative estimate of drug-likeness (QED) is 0.814. The van der Waals surface area contributed by atoms with Crippen LogP contribution in [0.5, 0.6) is 5.75 Å². The third kappa shape index (κ3) is 4.10. The van der Waals surface area contributed by atoms with Gasteiger partial charge in [-0.25, -0.2) is 0 Å². The molecule has 0 radical (unpaired) electrons. The van der Waals surface area contributed by atoms with Crippen LogP contribution >= 0.6 is 0 Å². The Bertz CT molecular complexity index is 779. The van der Waals surface area contributed by atoms with Crippen molar-refractivity contribution in [2.24, 2.45) is 5.92 Å². The van der Waals surface area contributed by atoms with Crippen molar-refractivity contribution < 1.29 is 9.53 Å². The molecule has 0 atom stereocenters. The molecule has 2 aliphatic rings. The number of piperidine rings is 1. The molecule has 1 saturated heterocycles. The molecule has 0 spiro atoms. The van der Waals surface area contributed by atoms with Crippen LogP contribution in [0.25, 0.3) is 0 Å². The van der Waals surface area contributed by atoms with Crippen LogP contribution in [-0.2, 0) is 17.6 Å². The lowest BCUT2D eigenvalue weighted by Gasteiger charge is -2.34. The molecule has 0 N–H and O–H groups in total.